The Labute approximate surface area is 121 Å². The van der Waals surface area contributed by atoms with Gasteiger partial charge >= 0.3 is 12.0 Å². The summed E-state index contributed by atoms with van der Waals surface area (Å²) < 4.78 is 13.5. The predicted molar refractivity (Wildman–Crippen MR) is 74.2 cm³/mol. The molecule has 0 bridgehead atoms. The van der Waals surface area contributed by atoms with Crippen molar-refractivity contribution in [3.63, 3.8) is 0 Å². The number of hydrogen-bond acceptors (Lipinski definition) is 3. The van der Waals surface area contributed by atoms with Crippen molar-refractivity contribution in [3.8, 4) is 6.07 Å². The molecule has 0 aromatic heterocycles. The first-order chi connectivity index (χ1) is 10.0. The van der Waals surface area contributed by atoms with E-state index in [2.05, 4.69) is 10.6 Å². The Kier molecular flexibility index (Phi) is 6.68. The molecule has 7 heteroatoms. The predicted octanol–water partition coefficient (Wildman–Crippen LogP) is 2.46. The maximum atomic E-state index is 13.5. The molecule has 0 saturated carbocycles. The number of benzene rings is 1. The van der Waals surface area contributed by atoms with E-state index in [1.807, 2.05) is 0 Å². The van der Waals surface area contributed by atoms with Crippen LogP contribution in [-0.4, -0.2) is 23.7 Å². The summed E-state index contributed by atoms with van der Waals surface area (Å²) in [4.78, 5) is 21.8. The lowest BCUT2D eigenvalue weighted by atomic mass is 10.2. The molecule has 3 N–H and O–H groups in total. The number of amides is 2. The number of hydrogen-bond donors (Lipinski definition) is 3. The van der Waals surface area contributed by atoms with Crippen LogP contribution in [0.15, 0.2) is 18.2 Å². The minimum atomic E-state index is -0.836. The summed E-state index contributed by atoms with van der Waals surface area (Å²) in [5.41, 5.74) is 0.175. The van der Waals surface area contributed by atoms with E-state index < -0.39 is 17.8 Å². The summed E-state index contributed by atoms with van der Waals surface area (Å²) in [7, 11) is 0. The van der Waals surface area contributed by atoms with Crippen LogP contribution in [0.4, 0.5) is 14.9 Å². The molecule has 6 nitrogen and oxygen atoms in total. The number of anilines is 1. The first-order valence-electron chi connectivity index (χ1n) is 6.49. The number of nitriles is 1. The number of nitrogens with one attached hydrogen (secondary N) is 2. The van der Waals surface area contributed by atoms with Crippen molar-refractivity contribution in [1.29, 1.82) is 5.26 Å². The number of urea groups is 1. The monoisotopic (exact) mass is 293 g/mol. The minimum Gasteiger partial charge on any atom is -0.481 e. The number of carboxylic acid groups (broad SMARTS) is 1. The molecule has 0 aliphatic carbocycles. The van der Waals surface area contributed by atoms with E-state index in [0.717, 1.165) is 6.07 Å². The molecule has 1 rings (SSSR count). The minimum absolute atomic E-state index is 0.00243. The van der Waals surface area contributed by atoms with Crippen LogP contribution in [0.25, 0.3) is 0 Å². The Bertz CT molecular complexity index is 555. The molecule has 21 heavy (non-hydrogen) atoms. The zero-order valence-electron chi connectivity index (χ0n) is 11.4. The molecule has 0 heterocycles. The zero-order valence-corrected chi connectivity index (χ0v) is 11.4. The molecule has 112 valence electrons. The smallest absolute Gasteiger partial charge is 0.319 e. The van der Waals surface area contributed by atoms with Crippen LogP contribution < -0.4 is 10.6 Å². The van der Waals surface area contributed by atoms with Crippen LogP contribution >= 0.6 is 0 Å². The number of carbonyl (C=O) groups is 2. The van der Waals surface area contributed by atoms with Crippen LogP contribution in [0.1, 0.15) is 31.2 Å². The largest absolute Gasteiger partial charge is 0.481 e. The number of unbranched alkanes of at least 4 members (excludes halogenated alkanes) is 2. The summed E-state index contributed by atoms with van der Waals surface area (Å²) in [5, 5.41) is 21.9. The van der Waals surface area contributed by atoms with Gasteiger partial charge in [0.05, 0.1) is 17.3 Å². The first-order valence-corrected chi connectivity index (χ1v) is 6.49. The Morgan fingerprint density at radius 1 is 1.29 bits per heavy atom. The molecule has 0 aliphatic heterocycles. The fraction of sp³-hybridized carbons (Fsp3) is 0.357. The van der Waals surface area contributed by atoms with Gasteiger partial charge in [0.1, 0.15) is 5.82 Å². The second kappa shape index (κ2) is 8.53. The Balaban J connectivity index is 2.28. The van der Waals surface area contributed by atoms with Crippen molar-refractivity contribution in [2.75, 3.05) is 11.9 Å². The van der Waals surface area contributed by atoms with Crippen LogP contribution in [0.3, 0.4) is 0 Å². The van der Waals surface area contributed by atoms with E-state index in [1.54, 1.807) is 6.07 Å². The molecule has 0 atom stereocenters. The number of halogens is 1. The van der Waals surface area contributed by atoms with Crippen molar-refractivity contribution in [2.45, 2.75) is 25.7 Å². The molecule has 0 saturated heterocycles. The highest BCUT2D eigenvalue weighted by atomic mass is 19.1. The lowest BCUT2D eigenvalue weighted by molar-refractivity contribution is -0.137. The van der Waals surface area contributed by atoms with Gasteiger partial charge in [0.15, 0.2) is 0 Å². The van der Waals surface area contributed by atoms with Crippen molar-refractivity contribution in [2.24, 2.45) is 0 Å². The number of nitrogens with zero attached hydrogens (tertiary/aromatic N) is 1. The third-order valence-corrected chi connectivity index (χ3v) is 2.70. The fourth-order valence-corrected chi connectivity index (χ4v) is 1.63. The van der Waals surface area contributed by atoms with Crippen LogP contribution in [0.5, 0.6) is 0 Å². The first kappa shape index (κ1) is 16.4. The number of aliphatic carboxylic acids is 1. The topological polar surface area (TPSA) is 102 Å². The van der Waals surface area contributed by atoms with Crippen molar-refractivity contribution < 1.29 is 19.1 Å². The zero-order chi connectivity index (χ0) is 15.7. The van der Waals surface area contributed by atoms with E-state index in [4.69, 9.17) is 10.4 Å². The van der Waals surface area contributed by atoms with Crippen LogP contribution in [-0.2, 0) is 4.79 Å². The van der Waals surface area contributed by atoms with E-state index >= 15 is 0 Å². The fourth-order valence-electron chi connectivity index (χ4n) is 1.63. The van der Waals surface area contributed by atoms with Crippen molar-refractivity contribution >= 4 is 17.7 Å². The summed E-state index contributed by atoms with van der Waals surface area (Å²) >= 11 is 0. The highest BCUT2D eigenvalue weighted by molar-refractivity contribution is 5.89. The Morgan fingerprint density at radius 2 is 2.05 bits per heavy atom. The third-order valence-electron chi connectivity index (χ3n) is 2.70. The van der Waals surface area contributed by atoms with Gasteiger partial charge in [-0.3, -0.25) is 4.79 Å². The van der Waals surface area contributed by atoms with Gasteiger partial charge in [-0.15, -0.1) is 0 Å². The molecule has 0 aliphatic rings. The summed E-state index contributed by atoms with van der Waals surface area (Å²) in [5.74, 6) is -1.51. The molecule has 1 aromatic rings. The average Bonchev–Trinajstić information content (AvgIpc) is 2.44. The quantitative estimate of drug-likeness (QED) is 0.672. The molecular weight excluding hydrogens is 277 g/mol. The Morgan fingerprint density at radius 3 is 2.67 bits per heavy atom. The highest BCUT2D eigenvalue weighted by Crippen LogP contribution is 2.15. The molecule has 0 radical (unpaired) electrons. The lowest BCUT2D eigenvalue weighted by Crippen LogP contribution is -2.29. The van der Waals surface area contributed by atoms with Gasteiger partial charge in [-0.05, 0) is 31.0 Å². The summed E-state index contributed by atoms with van der Waals surface area (Å²) in [6.45, 7) is 0.378. The van der Waals surface area contributed by atoms with Gasteiger partial charge in [-0.25, -0.2) is 9.18 Å². The number of rotatable bonds is 7. The van der Waals surface area contributed by atoms with Crippen molar-refractivity contribution in [1.82, 2.24) is 5.32 Å². The second-order valence-electron chi connectivity index (χ2n) is 4.39. The van der Waals surface area contributed by atoms with Gasteiger partial charge in [0, 0.05) is 13.0 Å². The van der Waals surface area contributed by atoms with Gasteiger partial charge in [-0.2, -0.15) is 5.26 Å². The third kappa shape index (κ3) is 6.38. The lowest BCUT2D eigenvalue weighted by Gasteiger charge is -2.08. The van der Waals surface area contributed by atoms with Gasteiger partial charge in [0.2, 0.25) is 0 Å². The van der Waals surface area contributed by atoms with E-state index in [1.165, 1.54) is 12.1 Å². The van der Waals surface area contributed by atoms with Gasteiger partial charge in [0.25, 0.3) is 0 Å². The second-order valence-corrected chi connectivity index (χ2v) is 4.39. The molecular formula is C14H16FN3O3. The van der Waals surface area contributed by atoms with E-state index in [0.29, 0.717) is 25.8 Å². The molecule has 1 aromatic carbocycles. The van der Waals surface area contributed by atoms with Crippen LogP contribution in [0.2, 0.25) is 0 Å². The van der Waals surface area contributed by atoms with Gasteiger partial charge in [-0.1, -0.05) is 6.42 Å². The maximum absolute atomic E-state index is 13.5. The van der Waals surface area contributed by atoms with Gasteiger partial charge < -0.3 is 15.7 Å². The Hall–Kier alpha value is -2.62. The van der Waals surface area contributed by atoms with Crippen molar-refractivity contribution in [3.05, 3.63) is 29.6 Å². The van der Waals surface area contributed by atoms with E-state index in [9.17, 15) is 14.0 Å². The van der Waals surface area contributed by atoms with Crippen LogP contribution in [0, 0.1) is 17.1 Å². The average molecular weight is 293 g/mol. The normalized spacial score (nSPS) is 9.71. The number of carbonyl (C=O) groups excluding carboxylic acids is 1. The molecule has 0 spiro atoms. The maximum Gasteiger partial charge on any atom is 0.319 e. The molecule has 0 fully saturated rings. The summed E-state index contributed by atoms with van der Waals surface area (Å²) in [6, 6.07) is 5.03. The van der Waals surface area contributed by atoms with E-state index in [-0.39, 0.29) is 17.7 Å². The molecule has 0 unspecified atom stereocenters. The SMILES string of the molecule is N#Cc1ccc(NC(=O)NCCCCCC(=O)O)c(F)c1. The summed E-state index contributed by atoms with van der Waals surface area (Å²) in [6.07, 6.45) is 2.01. The highest BCUT2D eigenvalue weighted by Gasteiger charge is 2.07. The molecule has 2 amide bonds. The number of carboxylic acids is 1. The standard InChI is InChI=1S/C14H16FN3O3/c15-11-8-10(9-16)5-6-12(11)18-14(21)17-7-3-1-2-4-13(19)20/h5-6,8H,1-4,7H2,(H,19,20)(H2,17,18,21).